The summed E-state index contributed by atoms with van der Waals surface area (Å²) >= 11 is 3.61. The van der Waals surface area contributed by atoms with Crippen molar-refractivity contribution >= 4 is 21.6 Å². The van der Waals surface area contributed by atoms with Crippen molar-refractivity contribution < 1.29 is 0 Å². The Kier molecular flexibility index (Phi) is 3.33. The minimum Gasteiger partial charge on any atom is -0.362 e. The maximum absolute atomic E-state index is 5.94. The van der Waals surface area contributed by atoms with Gasteiger partial charge in [-0.1, -0.05) is 22.0 Å². The zero-order chi connectivity index (χ0) is 13.4. The van der Waals surface area contributed by atoms with Crippen LogP contribution in [0.25, 0.3) is 0 Å². The molecule has 0 spiro atoms. The molecule has 0 amide bonds. The number of benzene rings is 1. The lowest BCUT2D eigenvalue weighted by Gasteiger charge is -2.30. The van der Waals surface area contributed by atoms with Gasteiger partial charge in [0.05, 0.1) is 6.54 Å². The van der Waals surface area contributed by atoms with Crippen LogP contribution in [0.1, 0.15) is 24.4 Å². The van der Waals surface area contributed by atoms with Crippen molar-refractivity contribution in [2.24, 2.45) is 5.73 Å². The second kappa shape index (κ2) is 4.98. The van der Waals surface area contributed by atoms with Crippen molar-refractivity contribution in [3.63, 3.8) is 0 Å². The second-order valence-electron chi connectivity index (χ2n) is 4.95. The largest absolute Gasteiger partial charge is 0.362 e. The molecular weight excluding hydrogens is 304 g/mol. The summed E-state index contributed by atoms with van der Waals surface area (Å²) < 4.78 is 3.29. The lowest BCUT2D eigenvalue weighted by molar-refractivity contribution is 0.560. The quantitative estimate of drug-likeness (QED) is 0.925. The number of imidazole rings is 1. The number of rotatable bonds is 2. The summed E-state index contributed by atoms with van der Waals surface area (Å²) in [7, 11) is 0. The van der Waals surface area contributed by atoms with Crippen LogP contribution >= 0.6 is 15.9 Å². The van der Waals surface area contributed by atoms with Gasteiger partial charge in [-0.3, -0.25) is 0 Å². The van der Waals surface area contributed by atoms with Gasteiger partial charge in [0.25, 0.3) is 0 Å². The van der Waals surface area contributed by atoms with Crippen molar-refractivity contribution in [3.05, 3.63) is 46.5 Å². The van der Waals surface area contributed by atoms with Gasteiger partial charge in [0, 0.05) is 41.7 Å². The first kappa shape index (κ1) is 12.7. The monoisotopic (exact) mass is 320 g/mol. The molecule has 5 heteroatoms. The van der Waals surface area contributed by atoms with E-state index in [1.165, 1.54) is 5.69 Å². The van der Waals surface area contributed by atoms with Gasteiger partial charge < -0.3 is 15.2 Å². The summed E-state index contributed by atoms with van der Waals surface area (Å²) in [6.45, 7) is 4.85. The molecule has 4 nitrogen and oxygen atoms in total. The van der Waals surface area contributed by atoms with E-state index in [0.29, 0.717) is 0 Å². The summed E-state index contributed by atoms with van der Waals surface area (Å²) in [6.07, 6.45) is 3.91. The van der Waals surface area contributed by atoms with Crippen LogP contribution in [0.2, 0.25) is 0 Å². The number of anilines is 1. The van der Waals surface area contributed by atoms with Gasteiger partial charge in [-0.05, 0) is 24.6 Å². The molecule has 0 bridgehead atoms. The zero-order valence-electron chi connectivity index (χ0n) is 10.9. The maximum Gasteiger partial charge on any atom is 0.128 e. The minimum absolute atomic E-state index is 0.0451. The Morgan fingerprint density at radius 3 is 2.95 bits per heavy atom. The van der Waals surface area contributed by atoms with Gasteiger partial charge in [-0.2, -0.15) is 0 Å². The van der Waals surface area contributed by atoms with Gasteiger partial charge in [-0.25, -0.2) is 4.98 Å². The molecule has 1 aliphatic rings. The number of nitrogens with zero attached hydrogens (tertiary/aromatic N) is 3. The highest BCUT2D eigenvalue weighted by Gasteiger charge is 2.17. The van der Waals surface area contributed by atoms with Crippen molar-refractivity contribution in [1.82, 2.24) is 9.55 Å². The van der Waals surface area contributed by atoms with E-state index in [2.05, 4.69) is 48.6 Å². The number of aromatic nitrogens is 2. The Hall–Kier alpha value is -1.33. The van der Waals surface area contributed by atoms with E-state index < -0.39 is 0 Å². The maximum atomic E-state index is 5.94. The third-order valence-corrected chi connectivity index (χ3v) is 4.27. The first-order valence-corrected chi connectivity index (χ1v) is 7.24. The predicted molar refractivity (Wildman–Crippen MR) is 80.0 cm³/mol. The highest BCUT2D eigenvalue weighted by atomic mass is 79.9. The molecule has 2 N–H and O–H groups in total. The van der Waals surface area contributed by atoms with E-state index in [1.54, 1.807) is 0 Å². The van der Waals surface area contributed by atoms with Crippen LogP contribution in [0.4, 0.5) is 5.69 Å². The van der Waals surface area contributed by atoms with Gasteiger partial charge in [-0.15, -0.1) is 0 Å². The normalized spacial score (nSPS) is 16.3. The molecule has 19 heavy (non-hydrogen) atoms. The molecule has 0 saturated heterocycles. The van der Waals surface area contributed by atoms with Gasteiger partial charge in [0.15, 0.2) is 0 Å². The molecular formula is C14H17BrN4. The average molecular weight is 321 g/mol. The summed E-state index contributed by atoms with van der Waals surface area (Å²) in [5.74, 6) is 1.12. The number of nitrogens with two attached hydrogens (primary N) is 1. The van der Waals surface area contributed by atoms with Crippen LogP contribution in [-0.4, -0.2) is 16.1 Å². The van der Waals surface area contributed by atoms with E-state index in [9.17, 15) is 0 Å². The third-order valence-electron chi connectivity index (χ3n) is 3.58. The number of hydrogen-bond acceptors (Lipinski definition) is 3. The average Bonchev–Trinajstić information content (AvgIpc) is 2.85. The Balaban J connectivity index is 1.86. The van der Waals surface area contributed by atoms with Gasteiger partial charge >= 0.3 is 0 Å². The van der Waals surface area contributed by atoms with Crippen LogP contribution in [0, 0.1) is 0 Å². The summed E-state index contributed by atoms with van der Waals surface area (Å²) in [6, 6.07) is 6.44. The highest BCUT2D eigenvalue weighted by Crippen LogP contribution is 2.29. The highest BCUT2D eigenvalue weighted by molar-refractivity contribution is 9.10. The lowest BCUT2D eigenvalue weighted by Crippen LogP contribution is -2.33. The van der Waals surface area contributed by atoms with E-state index in [1.807, 2.05) is 19.3 Å². The standard InChI is InChI=1S/C14H17BrN4/c1-10(16)12-3-2-11(8-13(12)15)19-7-6-18-5-4-17-14(18)9-19/h2-5,8,10H,6-7,9,16H2,1H3/t10-/m1/s1. The molecule has 0 unspecified atom stereocenters. The topological polar surface area (TPSA) is 47.1 Å². The predicted octanol–water partition coefficient (Wildman–Crippen LogP) is 2.69. The fourth-order valence-electron chi connectivity index (χ4n) is 2.48. The third kappa shape index (κ3) is 2.40. The number of halogens is 1. The Morgan fingerprint density at radius 2 is 2.21 bits per heavy atom. The van der Waals surface area contributed by atoms with Crippen molar-refractivity contribution in [2.75, 3.05) is 11.4 Å². The Bertz CT molecular complexity index is 591. The van der Waals surface area contributed by atoms with Crippen LogP contribution in [0.3, 0.4) is 0 Å². The van der Waals surface area contributed by atoms with E-state index in [0.717, 1.165) is 35.5 Å². The second-order valence-corrected chi connectivity index (χ2v) is 5.81. The first-order chi connectivity index (χ1) is 9.15. The first-order valence-electron chi connectivity index (χ1n) is 6.45. The molecule has 1 atom stereocenters. The smallest absolute Gasteiger partial charge is 0.128 e. The van der Waals surface area contributed by atoms with Crippen LogP contribution in [0.5, 0.6) is 0 Å². The van der Waals surface area contributed by atoms with Crippen molar-refractivity contribution in [3.8, 4) is 0 Å². The zero-order valence-corrected chi connectivity index (χ0v) is 12.5. The fourth-order valence-corrected chi connectivity index (χ4v) is 3.20. The Morgan fingerprint density at radius 1 is 1.37 bits per heavy atom. The van der Waals surface area contributed by atoms with Crippen molar-refractivity contribution in [1.29, 1.82) is 0 Å². The molecule has 100 valence electrons. The Labute approximate surface area is 121 Å². The molecule has 0 saturated carbocycles. The van der Waals surface area contributed by atoms with E-state index >= 15 is 0 Å². The van der Waals surface area contributed by atoms with Gasteiger partial charge in [0.1, 0.15) is 5.82 Å². The molecule has 0 fully saturated rings. The summed E-state index contributed by atoms with van der Waals surface area (Å²) in [5.41, 5.74) is 8.29. The SMILES string of the molecule is C[C@@H](N)c1ccc(N2CCn3ccnc3C2)cc1Br. The van der Waals surface area contributed by atoms with Gasteiger partial charge in [0.2, 0.25) is 0 Å². The molecule has 1 aromatic carbocycles. The molecule has 2 aromatic rings. The van der Waals surface area contributed by atoms with Crippen LogP contribution < -0.4 is 10.6 Å². The van der Waals surface area contributed by atoms with Crippen LogP contribution in [0.15, 0.2) is 35.1 Å². The number of hydrogen-bond donors (Lipinski definition) is 1. The minimum atomic E-state index is 0.0451. The molecule has 1 aliphatic heterocycles. The summed E-state index contributed by atoms with van der Waals surface area (Å²) in [5, 5.41) is 0. The van der Waals surface area contributed by atoms with E-state index in [4.69, 9.17) is 5.73 Å². The lowest BCUT2D eigenvalue weighted by atomic mass is 10.1. The van der Waals surface area contributed by atoms with Crippen LogP contribution in [-0.2, 0) is 13.1 Å². The van der Waals surface area contributed by atoms with E-state index in [-0.39, 0.29) is 6.04 Å². The van der Waals surface area contributed by atoms with Crippen molar-refractivity contribution in [2.45, 2.75) is 26.1 Å². The molecule has 2 heterocycles. The molecule has 0 radical (unpaired) electrons. The molecule has 1 aromatic heterocycles. The summed E-state index contributed by atoms with van der Waals surface area (Å²) in [4.78, 5) is 6.74. The fraction of sp³-hybridized carbons (Fsp3) is 0.357. The molecule has 3 rings (SSSR count). The number of fused-ring (bicyclic) bond motifs is 1. The molecule has 0 aliphatic carbocycles.